The van der Waals surface area contributed by atoms with Gasteiger partial charge in [0.2, 0.25) is 0 Å². The number of amides is 1. The fourth-order valence-corrected chi connectivity index (χ4v) is 4.17. The van der Waals surface area contributed by atoms with Crippen molar-refractivity contribution in [3.63, 3.8) is 0 Å². The van der Waals surface area contributed by atoms with Crippen molar-refractivity contribution in [3.8, 4) is 5.75 Å². The third-order valence-corrected chi connectivity index (χ3v) is 5.77. The van der Waals surface area contributed by atoms with Crippen LogP contribution in [-0.2, 0) is 6.61 Å². The van der Waals surface area contributed by atoms with Crippen LogP contribution in [-0.4, -0.2) is 39.8 Å². The standard InChI is InChI=1S/C20H18ClN3O4S/c21-14-7-15(10-22-9-14)27-12-16-8-17(23-28-16)20(26)24-5-1-3-13(11-24)19(25)18-4-2-6-29-18/h2,4,6-10,13H,1,3,5,11-12H2/t13-/m1/s1. The number of piperidine rings is 1. The number of rotatable bonds is 6. The van der Waals surface area contributed by atoms with Gasteiger partial charge >= 0.3 is 0 Å². The van der Waals surface area contributed by atoms with E-state index in [2.05, 4.69) is 10.1 Å². The zero-order chi connectivity index (χ0) is 20.2. The van der Waals surface area contributed by atoms with Crippen molar-refractivity contribution in [1.82, 2.24) is 15.0 Å². The molecule has 1 fully saturated rings. The maximum absolute atomic E-state index is 12.8. The van der Waals surface area contributed by atoms with Crippen molar-refractivity contribution in [3.05, 3.63) is 63.4 Å². The van der Waals surface area contributed by atoms with Crippen LogP contribution in [0.4, 0.5) is 0 Å². The monoisotopic (exact) mass is 431 g/mol. The van der Waals surface area contributed by atoms with Gasteiger partial charge < -0.3 is 14.2 Å². The number of likely N-dealkylation sites (tertiary alicyclic amines) is 1. The summed E-state index contributed by atoms with van der Waals surface area (Å²) in [7, 11) is 0. The second kappa shape index (κ2) is 8.75. The van der Waals surface area contributed by atoms with Gasteiger partial charge in [-0.2, -0.15) is 0 Å². The number of Topliss-reactive ketones (excluding diaryl/α,β-unsaturated/α-hetero) is 1. The summed E-state index contributed by atoms with van der Waals surface area (Å²) >= 11 is 7.30. The molecule has 1 aliphatic rings. The van der Waals surface area contributed by atoms with Gasteiger partial charge in [0.1, 0.15) is 12.4 Å². The number of pyridine rings is 1. The lowest BCUT2D eigenvalue weighted by atomic mass is 9.93. The van der Waals surface area contributed by atoms with E-state index in [9.17, 15) is 9.59 Å². The van der Waals surface area contributed by atoms with Crippen molar-refractivity contribution < 1.29 is 18.8 Å². The zero-order valence-electron chi connectivity index (χ0n) is 15.4. The molecule has 9 heteroatoms. The van der Waals surface area contributed by atoms with E-state index in [1.54, 1.807) is 17.0 Å². The molecular formula is C20H18ClN3O4S. The first kappa shape index (κ1) is 19.6. The Morgan fingerprint density at radius 1 is 1.34 bits per heavy atom. The SMILES string of the molecule is O=C(c1cccs1)[C@@H]1CCCN(C(=O)c2cc(COc3cncc(Cl)c3)on2)C1. The molecule has 1 saturated heterocycles. The molecule has 0 saturated carbocycles. The summed E-state index contributed by atoms with van der Waals surface area (Å²) in [5.41, 5.74) is 0.206. The maximum atomic E-state index is 12.8. The summed E-state index contributed by atoms with van der Waals surface area (Å²) in [5.74, 6) is 0.579. The summed E-state index contributed by atoms with van der Waals surface area (Å²) in [5, 5.41) is 6.22. The van der Waals surface area contributed by atoms with E-state index in [0.29, 0.717) is 29.6 Å². The van der Waals surface area contributed by atoms with E-state index >= 15 is 0 Å². The predicted molar refractivity (Wildman–Crippen MR) is 107 cm³/mol. The molecule has 4 heterocycles. The molecule has 1 atom stereocenters. The number of aromatic nitrogens is 2. The van der Waals surface area contributed by atoms with Gasteiger partial charge in [0.05, 0.1) is 16.1 Å². The Hall–Kier alpha value is -2.71. The number of ketones is 1. The molecule has 3 aromatic heterocycles. The van der Waals surface area contributed by atoms with Crippen LogP contribution in [0.15, 0.2) is 46.6 Å². The number of halogens is 1. The Balaban J connectivity index is 1.37. The van der Waals surface area contributed by atoms with E-state index < -0.39 is 0 Å². The van der Waals surface area contributed by atoms with Crippen molar-refractivity contribution in [1.29, 1.82) is 0 Å². The van der Waals surface area contributed by atoms with Gasteiger partial charge in [-0.15, -0.1) is 11.3 Å². The number of hydrogen-bond acceptors (Lipinski definition) is 7. The number of hydrogen-bond donors (Lipinski definition) is 0. The number of thiophene rings is 1. The lowest BCUT2D eigenvalue weighted by Crippen LogP contribution is -2.42. The van der Waals surface area contributed by atoms with E-state index in [-0.39, 0.29) is 29.9 Å². The highest BCUT2D eigenvalue weighted by molar-refractivity contribution is 7.12. The highest BCUT2D eigenvalue weighted by Gasteiger charge is 2.31. The van der Waals surface area contributed by atoms with Gasteiger partial charge in [-0.25, -0.2) is 0 Å². The fourth-order valence-electron chi connectivity index (χ4n) is 3.27. The van der Waals surface area contributed by atoms with Gasteiger partial charge in [0.25, 0.3) is 5.91 Å². The smallest absolute Gasteiger partial charge is 0.276 e. The first-order valence-corrected chi connectivity index (χ1v) is 10.4. The van der Waals surface area contributed by atoms with Crippen LogP contribution in [0.25, 0.3) is 0 Å². The topological polar surface area (TPSA) is 85.5 Å². The van der Waals surface area contributed by atoms with Gasteiger partial charge in [-0.05, 0) is 24.3 Å². The van der Waals surface area contributed by atoms with Gasteiger partial charge in [-0.3, -0.25) is 14.6 Å². The van der Waals surface area contributed by atoms with Crippen LogP contribution in [0.2, 0.25) is 5.02 Å². The molecule has 3 aromatic rings. The number of ether oxygens (including phenoxy) is 1. The average Bonchev–Trinajstić information content (AvgIpc) is 3.44. The van der Waals surface area contributed by atoms with Crippen LogP contribution in [0.5, 0.6) is 5.75 Å². The maximum Gasteiger partial charge on any atom is 0.276 e. The van der Waals surface area contributed by atoms with E-state index in [1.807, 2.05) is 17.5 Å². The number of carbonyl (C=O) groups is 2. The molecule has 0 unspecified atom stereocenters. The molecule has 150 valence electrons. The number of carbonyl (C=O) groups excluding carboxylic acids is 2. The Kier molecular flexibility index (Phi) is 5.92. The van der Waals surface area contributed by atoms with Crippen molar-refractivity contribution in [2.24, 2.45) is 5.92 Å². The molecule has 0 spiro atoms. The van der Waals surface area contributed by atoms with Gasteiger partial charge in [0.15, 0.2) is 17.2 Å². The largest absolute Gasteiger partial charge is 0.484 e. The van der Waals surface area contributed by atoms with Crippen LogP contribution in [0, 0.1) is 5.92 Å². The quantitative estimate of drug-likeness (QED) is 0.546. The Bertz CT molecular complexity index is 1000. The first-order chi connectivity index (χ1) is 14.1. The summed E-state index contributed by atoms with van der Waals surface area (Å²) < 4.78 is 10.8. The predicted octanol–water partition coefficient (Wildman–Crippen LogP) is 4.10. The molecule has 0 bridgehead atoms. The molecule has 7 nitrogen and oxygen atoms in total. The minimum atomic E-state index is -0.242. The highest BCUT2D eigenvalue weighted by Crippen LogP contribution is 2.24. The minimum Gasteiger partial charge on any atom is -0.484 e. The lowest BCUT2D eigenvalue weighted by Gasteiger charge is -2.31. The van der Waals surface area contributed by atoms with Crippen LogP contribution in [0.3, 0.4) is 0 Å². The average molecular weight is 432 g/mol. The second-order valence-electron chi connectivity index (χ2n) is 6.74. The molecule has 1 amide bonds. The molecular weight excluding hydrogens is 414 g/mol. The molecule has 4 rings (SSSR count). The van der Waals surface area contributed by atoms with Crippen LogP contribution < -0.4 is 4.74 Å². The van der Waals surface area contributed by atoms with E-state index in [4.69, 9.17) is 20.9 Å². The van der Waals surface area contributed by atoms with Crippen LogP contribution >= 0.6 is 22.9 Å². The van der Waals surface area contributed by atoms with E-state index in [1.165, 1.54) is 23.7 Å². The van der Waals surface area contributed by atoms with E-state index in [0.717, 1.165) is 17.7 Å². The lowest BCUT2D eigenvalue weighted by molar-refractivity contribution is 0.0629. The Morgan fingerprint density at radius 3 is 3.03 bits per heavy atom. The third kappa shape index (κ3) is 4.65. The van der Waals surface area contributed by atoms with Crippen molar-refractivity contribution >= 4 is 34.6 Å². The minimum absolute atomic E-state index is 0.0990. The normalized spacial score (nSPS) is 16.6. The number of nitrogens with zero attached hydrogens (tertiary/aromatic N) is 3. The third-order valence-electron chi connectivity index (χ3n) is 4.68. The molecule has 0 aromatic carbocycles. The molecule has 0 radical (unpaired) electrons. The van der Waals surface area contributed by atoms with Gasteiger partial charge in [-0.1, -0.05) is 22.8 Å². The van der Waals surface area contributed by atoms with Crippen molar-refractivity contribution in [2.45, 2.75) is 19.4 Å². The Morgan fingerprint density at radius 2 is 2.24 bits per heavy atom. The van der Waals surface area contributed by atoms with Crippen molar-refractivity contribution in [2.75, 3.05) is 13.1 Å². The summed E-state index contributed by atoms with van der Waals surface area (Å²) in [6.45, 7) is 1.09. The highest BCUT2D eigenvalue weighted by atomic mass is 35.5. The van der Waals surface area contributed by atoms with Crippen LogP contribution in [0.1, 0.15) is 38.8 Å². The summed E-state index contributed by atoms with van der Waals surface area (Å²) in [6, 6.07) is 6.88. The molecule has 0 N–H and O–H groups in total. The Labute approximate surface area is 176 Å². The molecule has 1 aliphatic heterocycles. The summed E-state index contributed by atoms with van der Waals surface area (Å²) in [6.07, 6.45) is 4.61. The fraction of sp³-hybridized carbons (Fsp3) is 0.300. The molecule has 29 heavy (non-hydrogen) atoms. The summed E-state index contributed by atoms with van der Waals surface area (Å²) in [4.78, 5) is 31.8. The first-order valence-electron chi connectivity index (χ1n) is 9.16. The second-order valence-corrected chi connectivity index (χ2v) is 8.12. The molecule has 0 aliphatic carbocycles. The van der Waals surface area contributed by atoms with Gasteiger partial charge in [0, 0.05) is 37.3 Å². The zero-order valence-corrected chi connectivity index (χ0v) is 17.0.